The van der Waals surface area contributed by atoms with Crippen molar-refractivity contribution in [2.45, 2.75) is 58.0 Å². The lowest BCUT2D eigenvalue weighted by atomic mass is 9.94. The van der Waals surface area contributed by atoms with E-state index in [2.05, 4.69) is 15.9 Å². The first-order valence-corrected chi connectivity index (χ1v) is 10.7. The van der Waals surface area contributed by atoms with Crippen LogP contribution >= 0.6 is 0 Å². The molecule has 0 aromatic carbocycles. The number of primary amides is 1. The van der Waals surface area contributed by atoms with Crippen molar-refractivity contribution in [2.75, 3.05) is 12.3 Å². The summed E-state index contributed by atoms with van der Waals surface area (Å²) in [7, 11) is 0. The van der Waals surface area contributed by atoms with Crippen LogP contribution in [0.15, 0.2) is 12.5 Å². The fourth-order valence-electron chi connectivity index (χ4n) is 3.63. The van der Waals surface area contributed by atoms with Gasteiger partial charge in [0.25, 0.3) is 5.91 Å². The zero-order chi connectivity index (χ0) is 25.4. The van der Waals surface area contributed by atoms with E-state index < -0.39 is 48.1 Å². The monoisotopic (exact) mass is 475 g/mol. The second-order valence-corrected chi connectivity index (χ2v) is 8.74. The van der Waals surface area contributed by atoms with Crippen LogP contribution in [0.25, 0.3) is 11.0 Å². The number of terminal acetylenes is 1. The highest BCUT2D eigenvalue weighted by Gasteiger charge is 2.58. The summed E-state index contributed by atoms with van der Waals surface area (Å²) in [6.07, 6.45) is 3.14. The Morgan fingerprint density at radius 2 is 2.03 bits per heavy atom. The number of nitrogen functional groups attached to an aromatic ring is 1. The lowest BCUT2D eigenvalue weighted by molar-refractivity contribution is -0.201. The molecule has 34 heavy (non-hydrogen) atoms. The highest BCUT2D eigenvalue weighted by molar-refractivity contribution is 6.08. The maximum atomic E-state index is 12.1. The molecule has 0 bridgehead atoms. The molecule has 6 N–H and O–H groups in total. The van der Waals surface area contributed by atoms with Gasteiger partial charge in [-0.05, 0) is 0 Å². The van der Waals surface area contributed by atoms with E-state index in [9.17, 15) is 19.8 Å². The Kier molecular flexibility index (Phi) is 7.13. The molecule has 184 valence electrons. The average Bonchev–Trinajstić information content (AvgIpc) is 3.29. The van der Waals surface area contributed by atoms with E-state index in [-0.39, 0.29) is 34.9 Å². The normalized spacial score (nSPS) is 25.6. The molecular formula is C22H29N5O7. The number of aliphatic hydroxyl groups is 2. The predicted octanol–water partition coefficient (Wildman–Crippen LogP) is -0.0671. The summed E-state index contributed by atoms with van der Waals surface area (Å²) in [5, 5.41) is 22.1. The first kappa shape index (κ1) is 25.4. The van der Waals surface area contributed by atoms with Crippen LogP contribution in [0.3, 0.4) is 0 Å². The van der Waals surface area contributed by atoms with Crippen LogP contribution in [0.5, 0.6) is 0 Å². The summed E-state index contributed by atoms with van der Waals surface area (Å²) >= 11 is 0. The maximum Gasteiger partial charge on any atom is 0.308 e. The van der Waals surface area contributed by atoms with Crippen molar-refractivity contribution in [3.63, 3.8) is 0 Å². The summed E-state index contributed by atoms with van der Waals surface area (Å²) in [5.41, 5.74) is 9.38. The molecule has 0 aliphatic carbocycles. The van der Waals surface area contributed by atoms with Crippen LogP contribution in [0, 0.1) is 24.2 Å². The number of hydrogen-bond acceptors (Lipinski definition) is 10. The van der Waals surface area contributed by atoms with Crippen LogP contribution < -0.4 is 11.5 Å². The van der Waals surface area contributed by atoms with Crippen molar-refractivity contribution in [1.29, 1.82) is 0 Å². The van der Waals surface area contributed by atoms with E-state index in [1.165, 1.54) is 17.1 Å². The molecule has 2 aromatic rings. The largest absolute Gasteiger partial charge is 0.463 e. The summed E-state index contributed by atoms with van der Waals surface area (Å²) < 4.78 is 18.3. The summed E-state index contributed by atoms with van der Waals surface area (Å²) in [6, 6.07) is 0. The van der Waals surface area contributed by atoms with Crippen LogP contribution in [0.2, 0.25) is 0 Å². The van der Waals surface area contributed by atoms with Crippen molar-refractivity contribution in [1.82, 2.24) is 14.5 Å². The molecule has 5 atom stereocenters. The molecule has 1 fully saturated rings. The van der Waals surface area contributed by atoms with Crippen molar-refractivity contribution < 1.29 is 34.0 Å². The van der Waals surface area contributed by atoms with Gasteiger partial charge in [0.15, 0.2) is 18.1 Å². The first-order chi connectivity index (χ1) is 15.9. The van der Waals surface area contributed by atoms with Gasteiger partial charge in [0.05, 0.1) is 16.9 Å². The Hall–Kier alpha value is -3.24. The van der Waals surface area contributed by atoms with E-state index >= 15 is 0 Å². The Morgan fingerprint density at radius 1 is 1.35 bits per heavy atom. The van der Waals surface area contributed by atoms with Gasteiger partial charge < -0.3 is 40.5 Å². The minimum absolute atomic E-state index is 0.00885. The number of esters is 1. The van der Waals surface area contributed by atoms with Crippen LogP contribution in [0.4, 0.5) is 5.82 Å². The van der Waals surface area contributed by atoms with Gasteiger partial charge in [0.2, 0.25) is 0 Å². The number of hydrogen-bond donors (Lipinski definition) is 4. The van der Waals surface area contributed by atoms with Gasteiger partial charge in [-0.3, -0.25) is 9.59 Å². The molecule has 3 heterocycles. The van der Waals surface area contributed by atoms with E-state index in [0.717, 1.165) is 0 Å². The SMILES string of the molecule is C#C[C@@]1(O)[C@H](OC(O)C(C)C)[C@@H](COC(=O)C(C)C)O[C@H]1n1cc(C(N)=O)c2c(N)ncnc21. The third-order valence-corrected chi connectivity index (χ3v) is 5.56. The van der Waals surface area contributed by atoms with Crippen LogP contribution in [-0.4, -0.2) is 67.3 Å². The molecule has 1 unspecified atom stereocenters. The molecular weight excluding hydrogens is 446 g/mol. The molecule has 1 aliphatic rings. The molecule has 0 spiro atoms. The topological polar surface area (TPSA) is 185 Å². The van der Waals surface area contributed by atoms with E-state index in [4.69, 9.17) is 32.1 Å². The maximum absolute atomic E-state index is 12.1. The van der Waals surface area contributed by atoms with Gasteiger partial charge in [-0.25, -0.2) is 9.97 Å². The Balaban J connectivity index is 2.10. The fourth-order valence-corrected chi connectivity index (χ4v) is 3.63. The molecule has 2 aromatic heterocycles. The predicted molar refractivity (Wildman–Crippen MR) is 120 cm³/mol. The van der Waals surface area contributed by atoms with Crippen LogP contribution in [0.1, 0.15) is 44.3 Å². The second kappa shape index (κ2) is 9.55. The van der Waals surface area contributed by atoms with Gasteiger partial charge in [-0.2, -0.15) is 0 Å². The molecule has 0 radical (unpaired) electrons. The molecule has 1 aliphatic heterocycles. The lowest BCUT2D eigenvalue weighted by Crippen LogP contribution is -2.50. The van der Waals surface area contributed by atoms with Crippen molar-refractivity contribution >= 4 is 28.7 Å². The fraction of sp³-hybridized carbons (Fsp3) is 0.545. The quantitative estimate of drug-likeness (QED) is 0.229. The number of carbonyl (C=O) groups is 2. The number of fused-ring (bicyclic) bond motifs is 1. The van der Waals surface area contributed by atoms with Gasteiger partial charge in [-0.15, -0.1) is 6.42 Å². The number of rotatable bonds is 8. The molecule has 1 amide bonds. The molecule has 12 heteroatoms. The standard InChI is InChI=1S/C22H29N5O7/c1-6-22(31)15(34-20(30)11(4)5)13(8-32-19(29)10(2)3)33-21(22)27-7-12(17(24)28)14-16(23)25-9-26-18(14)27/h1,7,9-11,13,15,20-21,30-31H,8H2,2-5H3,(H2,24,28)(H2,23,25,26)/t13-,15-,20?,21-,22-/m1/s1. The number of aromatic nitrogens is 3. The lowest BCUT2D eigenvalue weighted by Gasteiger charge is -2.31. The molecule has 12 nitrogen and oxygen atoms in total. The van der Waals surface area contributed by atoms with Gasteiger partial charge >= 0.3 is 5.97 Å². The highest BCUT2D eigenvalue weighted by Crippen LogP contribution is 2.43. The zero-order valence-corrected chi connectivity index (χ0v) is 19.3. The van der Waals surface area contributed by atoms with Gasteiger partial charge in [0, 0.05) is 12.1 Å². The highest BCUT2D eigenvalue weighted by atomic mass is 16.7. The Morgan fingerprint density at radius 3 is 2.59 bits per heavy atom. The minimum Gasteiger partial charge on any atom is -0.463 e. The van der Waals surface area contributed by atoms with Crippen molar-refractivity contribution in [3.05, 3.63) is 18.1 Å². The number of carbonyl (C=O) groups excluding carboxylic acids is 2. The number of aliphatic hydroxyl groups excluding tert-OH is 1. The van der Waals surface area contributed by atoms with Crippen molar-refractivity contribution in [3.8, 4) is 12.3 Å². The molecule has 3 rings (SSSR count). The van der Waals surface area contributed by atoms with Crippen LogP contribution in [-0.2, 0) is 19.0 Å². The second-order valence-electron chi connectivity index (χ2n) is 8.74. The number of ether oxygens (including phenoxy) is 3. The zero-order valence-electron chi connectivity index (χ0n) is 19.3. The number of amides is 1. The molecule has 1 saturated heterocycles. The first-order valence-electron chi connectivity index (χ1n) is 10.7. The molecule has 0 saturated carbocycles. The Labute approximate surface area is 196 Å². The average molecular weight is 476 g/mol. The third-order valence-electron chi connectivity index (χ3n) is 5.56. The van der Waals surface area contributed by atoms with E-state index in [1.807, 2.05) is 0 Å². The summed E-state index contributed by atoms with van der Waals surface area (Å²) in [5.74, 6) is 0.217. The van der Waals surface area contributed by atoms with Gasteiger partial charge in [0.1, 0.15) is 36.6 Å². The third kappa shape index (κ3) is 4.43. The van der Waals surface area contributed by atoms with Gasteiger partial charge in [-0.1, -0.05) is 33.6 Å². The number of nitrogens with zero attached hydrogens (tertiary/aromatic N) is 3. The minimum atomic E-state index is -2.18. The summed E-state index contributed by atoms with van der Waals surface area (Å²) in [6.45, 7) is 6.43. The van der Waals surface area contributed by atoms with Crippen molar-refractivity contribution in [2.24, 2.45) is 17.6 Å². The Bertz CT molecular complexity index is 1120. The number of anilines is 1. The van der Waals surface area contributed by atoms with E-state index in [1.54, 1.807) is 27.7 Å². The smallest absolute Gasteiger partial charge is 0.308 e. The van der Waals surface area contributed by atoms with E-state index in [0.29, 0.717) is 0 Å². The summed E-state index contributed by atoms with van der Waals surface area (Å²) in [4.78, 5) is 32.1. The number of nitrogens with two attached hydrogens (primary N) is 2.